The first-order valence-corrected chi connectivity index (χ1v) is 6.54. The van der Waals surface area contributed by atoms with E-state index in [9.17, 15) is 4.79 Å². The van der Waals surface area contributed by atoms with E-state index in [4.69, 9.17) is 16.9 Å². The van der Waals surface area contributed by atoms with E-state index >= 15 is 0 Å². The average molecular weight is 289 g/mol. The van der Waals surface area contributed by atoms with Gasteiger partial charge in [-0.3, -0.25) is 9.48 Å². The molecule has 0 aliphatic rings. The van der Waals surface area contributed by atoms with E-state index in [1.54, 1.807) is 41.3 Å². The van der Waals surface area contributed by atoms with Gasteiger partial charge in [0, 0.05) is 19.2 Å². The molecule has 2 rings (SSSR count). The standard InChI is InChI=1S/C14H13ClN4O/c15-12-9-17-19(10-12)7-3-6-14(20)18-13-5-2-1-4-11(13)8-16/h1-2,4-5,9-10H,3,6-7H2,(H,18,20). The molecule has 0 atom stereocenters. The Bertz CT molecular complexity index is 645. The summed E-state index contributed by atoms with van der Waals surface area (Å²) < 4.78 is 1.69. The number of carbonyl (C=O) groups excluding carboxylic acids is 1. The van der Waals surface area contributed by atoms with Crippen LogP contribution in [0.2, 0.25) is 5.02 Å². The van der Waals surface area contributed by atoms with Gasteiger partial charge in [0.15, 0.2) is 0 Å². The Morgan fingerprint density at radius 1 is 1.45 bits per heavy atom. The zero-order chi connectivity index (χ0) is 14.4. The van der Waals surface area contributed by atoms with E-state index in [0.717, 1.165) is 0 Å². The van der Waals surface area contributed by atoms with Gasteiger partial charge in [-0.05, 0) is 18.6 Å². The Hall–Kier alpha value is -2.32. The SMILES string of the molecule is N#Cc1ccccc1NC(=O)CCCn1cc(Cl)cn1. The van der Waals surface area contributed by atoms with Crippen molar-refractivity contribution in [2.24, 2.45) is 0 Å². The predicted octanol–water partition coefficient (Wildman–Crippen LogP) is 2.83. The summed E-state index contributed by atoms with van der Waals surface area (Å²) in [6.45, 7) is 0.625. The molecule has 1 N–H and O–H groups in total. The number of halogens is 1. The van der Waals surface area contributed by atoms with Gasteiger partial charge >= 0.3 is 0 Å². The Morgan fingerprint density at radius 3 is 2.95 bits per heavy atom. The van der Waals surface area contributed by atoms with E-state index < -0.39 is 0 Å². The Morgan fingerprint density at radius 2 is 2.25 bits per heavy atom. The number of rotatable bonds is 5. The lowest BCUT2D eigenvalue weighted by Gasteiger charge is -2.06. The fraction of sp³-hybridized carbons (Fsp3) is 0.214. The van der Waals surface area contributed by atoms with E-state index in [-0.39, 0.29) is 5.91 Å². The highest BCUT2D eigenvalue weighted by atomic mass is 35.5. The molecular weight excluding hydrogens is 276 g/mol. The van der Waals surface area contributed by atoms with Crippen LogP contribution in [0.1, 0.15) is 18.4 Å². The molecule has 0 spiro atoms. The molecule has 0 aliphatic heterocycles. The molecule has 1 amide bonds. The van der Waals surface area contributed by atoms with Crippen molar-refractivity contribution < 1.29 is 4.79 Å². The van der Waals surface area contributed by atoms with Crippen LogP contribution < -0.4 is 5.32 Å². The average Bonchev–Trinajstić information content (AvgIpc) is 2.85. The van der Waals surface area contributed by atoms with Gasteiger partial charge in [-0.2, -0.15) is 10.4 Å². The van der Waals surface area contributed by atoms with Crippen LogP contribution in [-0.2, 0) is 11.3 Å². The van der Waals surface area contributed by atoms with Gasteiger partial charge in [0.1, 0.15) is 6.07 Å². The van der Waals surface area contributed by atoms with E-state index in [2.05, 4.69) is 10.4 Å². The second-order valence-electron chi connectivity index (χ2n) is 4.23. The Kier molecular flexibility index (Phi) is 4.75. The third-order valence-electron chi connectivity index (χ3n) is 2.71. The summed E-state index contributed by atoms with van der Waals surface area (Å²) in [6.07, 6.45) is 4.28. The van der Waals surface area contributed by atoms with Crippen LogP contribution in [-0.4, -0.2) is 15.7 Å². The number of aromatic nitrogens is 2. The van der Waals surface area contributed by atoms with Crippen molar-refractivity contribution in [2.45, 2.75) is 19.4 Å². The normalized spacial score (nSPS) is 10.0. The third kappa shape index (κ3) is 3.84. The van der Waals surface area contributed by atoms with Gasteiger partial charge in [-0.15, -0.1) is 0 Å². The number of nitrogens with zero attached hydrogens (tertiary/aromatic N) is 3. The van der Waals surface area contributed by atoms with Crippen LogP contribution in [0.3, 0.4) is 0 Å². The lowest BCUT2D eigenvalue weighted by atomic mass is 10.2. The first-order valence-electron chi connectivity index (χ1n) is 6.16. The van der Waals surface area contributed by atoms with Gasteiger partial charge in [0.25, 0.3) is 0 Å². The molecule has 0 saturated heterocycles. The highest BCUT2D eigenvalue weighted by molar-refractivity contribution is 6.30. The molecule has 1 aromatic heterocycles. The summed E-state index contributed by atoms with van der Waals surface area (Å²) in [4.78, 5) is 11.8. The first-order chi connectivity index (χ1) is 9.69. The van der Waals surface area contributed by atoms with Gasteiger partial charge in [0.05, 0.1) is 22.5 Å². The Labute approximate surface area is 121 Å². The van der Waals surface area contributed by atoms with Crippen LogP contribution in [0.25, 0.3) is 0 Å². The molecule has 1 heterocycles. The molecule has 20 heavy (non-hydrogen) atoms. The molecule has 0 fully saturated rings. The molecule has 1 aromatic carbocycles. The molecule has 0 bridgehead atoms. The molecular formula is C14H13ClN4O. The second kappa shape index (κ2) is 6.73. The van der Waals surface area contributed by atoms with Crippen LogP contribution in [0.5, 0.6) is 0 Å². The summed E-state index contributed by atoms with van der Waals surface area (Å²) >= 11 is 5.75. The molecule has 0 aliphatic carbocycles. The van der Waals surface area contributed by atoms with Crippen molar-refractivity contribution in [1.82, 2.24) is 9.78 Å². The second-order valence-corrected chi connectivity index (χ2v) is 4.67. The summed E-state index contributed by atoms with van der Waals surface area (Å²) in [5, 5.41) is 16.3. The van der Waals surface area contributed by atoms with Crippen molar-refractivity contribution in [1.29, 1.82) is 5.26 Å². The predicted molar refractivity (Wildman–Crippen MR) is 76.3 cm³/mol. The molecule has 102 valence electrons. The maximum atomic E-state index is 11.8. The highest BCUT2D eigenvalue weighted by Crippen LogP contribution is 2.14. The first kappa shape index (κ1) is 14.1. The van der Waals surface area contributed by atoms with Gasteiger partial charge in [0.2, 0.25) is 5.91 Å². The molecule has 5 nitrogen and oxygen atoms in total. The van der Waals surface area contributed by atoms with Gasteiger partial charge in [-0.1, -0.05) is 23.7 Å². The number of hydrogen-bond donors (Lipinski definition) is 1. The lowest BCUT2D eigenvalue weighted by molar-refractivity contribution is -0.116. The number of nitrogens with one attached hydrogen (secondary N) is 1. The van der Waals surface area contributed by atoms with Crippen LogP contribution >= 0.6 is 11.6 Å². The van der Waals surface area contributed by atoms with Crippen molar-refractivity contribution >= 4 is 23.2 Å². The highest BCUT2D eigenvalue weighted by Gasteiger charge is 2.06. The fourth-order valence-electron chi connectivity index (χ4n) is 1.76. The van der Waals surface area contributed by atoms with Gasteiger partial charge < -0.3 is 5.32 Å². The number of hydrogen-bond acceptors (Lipinski definition) is 3. The van der Waals surface area contributed by atoms with E-state index in [1.165, 1.54) is 0 Å². The maximum absolute atomic E-state index is 11.8. The number of amides is 1. The topological polar surface area (TPSA) is 70.7 Å². The fourth-order valence-corrected chi connectivity index (χ4v) is 1.92. The van der Waals surface area contributed by atoms with E-state index in [1.807, 2.05) is 6.07 Å². The van der Waals surface area contributed by atoms with Crippen LogP contribution in [0.4, 0.5) is 5.69 Å². The number of aryl methyl sites for hydroxylation is 1. The molecule has 0 saturated carbocycles. The summed E-state index contributed by atoms with van der Waals surface area (Å²) in [7, 11) is 0. The minimum absolute atomic E-state index is 0.119. The smallest absolute Gasteiger partial charge is 0.224 e. The minimum atomic E-state index is -0.119. The van der Waals surface area contributed by atoms with Gasteiger partial charge in [-0.25, -0.2) is 0 Å². The number of carbonyl (C=O) groups is 1. The lowest BCUT2D eigenvalue weighted by Crippen LogP contribution is -2.13. The number of anilines is 1. The quantitative estimate of drug-likeness (QED) is 0.919. The maximum Gasteiger partial charge on any atom is 0.224 e. The van der Waals surface area contributed by atoms with Crippen molar-refractivity contribution in [3.63, 3.8) is 0 Å². The van der Waals surface area contributed by atoms with Crippen molar-refractivity contribution in [2.75, 3.05) is 5.32 Å². The third-order valence-corrected chi connectivity index (χ3v) is 2.91. The Balaban J connectivity index is 1.82. The summed E-state index contributed by atoms with van der Waals surface area (Å²) in [5.74, 6) is -0.119. The number of para-hydroxylation sites is 1. The molecule has 2 aromatic rings. The molecule has 0 radical (unpaired) electrons. The summed E-state index contributed by atoms with van der Waals surface area (Å²) in [6, 6.07) is 8.96. The molecule has 6 heteroatoms. The van der Waals surface area contributed by atoms with Crippen LogP contribution in [0, 0.1) is 11.3 Å². The van der Waals surface area contributed by atoms with Crippen molar-refractivity contribution in [3.8, 4) is 6.07 Å². The minimum Gasteiger partial charge on any atom is -0.325 e. The molecule has 0 unspecified atom stereocenters. The monoisotopic (exact) mass is 288 g/mol. The zero-order valence-corrected chi connectivity index (χ0v) is 11.5. The summed E-state index contributed by atoms with van der Waals surface area (Å²) in [5.41, 5.74) is 1.00. The largest absolute Gasteiger partial charge is 0.325 e. The van der Waals surface area contributed by atoms with E-state index in [0.29, 0.717) is 35.7 Å². The zero-order valence-electron chi connectivity index (χ0n) is 10.7. The number of nitriles is 1. The van der Waals surface area contributed by atoms with Crippen LogP contribution in [0.15, 0.2) is 36.7 Å². The number of benzene rings is 1. The van der Waals surface area contributed by atoms with Crippen molar-refractivity contribution in [3.05, 3.63) is 47.2 Å².